The smallest absolute Gasteiger partial charge is 0.269 e. The summed E-state index contributed by atoms with van der Waals surface area (Å²) in [5, 5.41) is 12.1. The molecule has 0 N–H and O–H groups in total. The average molecular weight is 419 g/mol. The summed E-state index contributed by atoms with van der Waals surface area (Å²) in [5.74, 6) is 1.05. The van der Waals surface area contributed by atoms with Gasteiger partial charge in [-0.15, -0.1) is 0 Å². The first-order valence-electron chi connectivity index (χ1n) is 9.09. The second kappa shape index (κ2) is 8.38. The molecule has 30 heavy (non-hydrogen) atoms. The summed E-state index contributed by atoms with van der Waals surface area (Å²) in [4.78, 5) is 28.6. The molecule has 0 aliphatic carbocycles. The number of fused-ring (bicyclic) bond motifs is 1. The number of hydrogen-bond donors (Lipinski definition) is 0. The molecule has 0 aliphatic rings. The molecular formula is C22H17N3O4S. The van der Waals surface area contributed by atoms with Gasteiger partial charge in [-0.2, -0.15) is 0 Å². The third-order valence-corrected chi connectivity index (χ3v) is 5.56. The van der Waals surface area contributed by atoms with Gasteiger partial charge in [0.2, 0.25) is 0 Å². The molecule has 1 heterocycles. The van der Waals surface area contributed by atoms with Crippen LogP contribution < -0.4 is 10.3 Å². The standard InChI is InChI=1S/C22H17N3O4S/c1-29-18-9-5-7-16(13-18)24-21(26)19-10-2-3-11-20(19)23-22(24)30-14-15-6-4-8-17(12-15)25(27)28/h2-13H,14H2,1H3. The summed E-state index contributed by atoms with van der Waals surface area (Å²) in [6.07, 6.45) is 0. The van der Waals surface area contributed by atoms with Gasteiger partial charge in [0.15, 0.2) is 5.16 Å². The number of ether oxygens (including phenoxy) is 1. The molecule has 3 aromatic carbocycles. The van der Waals surface area contributed by atoms with E-state index in [2.05, 4.69) is 0 Å². The fraction of sp³-hybridized carbons (Fsp3) is 0.0909. The van der Waals surface area contributed by atoms with E-state index in [9.17, 15) is 14.9 Å². The van der Waals surface area contributed by atoms with Crippen molar-refractivity contribution in [2.75, 3.05) is 7.11 Å². The number of thioether (sulfide) groups is 1. The summed E-state index contributed by atoms with van der Waals surface area (Å²) in [6.45, 7) is 0. The Labute approximate surface area is 176 Å². The number of rotatable bonds is 6. The van der Waals surface area contributed by atoms with E-state index in [1.54, 1.807) is 48.1 Å². The van der Waals surface area contributed by atoms with Crippen LogP contribution in [-0.2, 0) is 5.75 Å². The van der Waals surface area contributed by atoms with Crippen molar-refractivity contribution in [2.24, 2.45) is 0 Å². The van der Waals surface area contributed by atoms with Gasteiger partial charge in [0.1, 0.15) is 5.75 Å². The number of non-ortho nitro benzene ring substituents is 1. The van der Waals surface area contributed by atoms with Crippen LogP contribution in [-0.4, -0.2) is 21.6 Å². The molecule has 0 spiro atoms. The molecule has 0 radical (unpaired) electrons. The second-order valence-corrected chi connectivity index (χ2v) is 7.41. The molecule has 4 aromatic rings. The van der Waals surface area contributed by atoms with Crippen molar-refractivity contribution in [3.63, 3.8) is 0 Å². The third kappa shape index (κ3) is 3.90. The first kappa shape index (κ1) is 19.7. The van der Waals surface area contributed by atoms with Gasteiger partial charge < -0.3 is 4.74 Å². The lowest BCUT2D eigenvalue weighted by atomic mass is 10.2. The highest BCUT2D eigenvalue weighted by Crippen LogP contribution is 2.27. The molecule has 4 rings (SSSR count). The van der Waals surface area contributed by atoms with Crippen LogP contribution in [0.1, 0.15) is 5.56 Å². The Morgan fingerprint density at radius 3 is 2.67 bits per heavy atom. The summed E-state index contributed by atoms with van der Waals surface area (Å²) in [6, 6.07) is 20.8. The van der Waals surface area contributed by atoms with Crippen molar-refractivity contribution >= 4 is 28.4 Å². The Bertz CT molecular complexity index is 1300. The van der Waals surface area contributed by atoms with Crippen molar-refractivity contribution in [1.29, 1.82) is 0 Å². The van der Waals surface area contributed by atoms with Crippen LogP contribution in [0.15, 0.2) is 82.7 Å². The second-order valence-electron chi connectivity index (χ2n) is 6.47. The zero-order chi connectivity index (χ0) is 21.1. The van der Waals surface area contributed by atoms with Crippen LogP contribution in [0, 0.1) is 10.1 Å². The van der Waals surface area contributed by atoms with E-state index in [0.717, 1.165) is 5.56 Å². The van der Waals surface area contributed by atoms with E-state index in [1.807, 2.05) is 24.3 Å². The Hall–Kier alpha value is -3.65. The van der Waals surface area contributed by atoms with Gasteiger partial charge in [0, 0.05) is 24.0 Å². The average Bonchev–Trinajstić information content (AvgIpc) is 2.78. The molecule has 1 aromatic heterocycles. The summed E-state index contributed by atoms with van der Waals surface area (Å²) < 4.78 is 6.85. The molecule has 0 fully saturated rings. The Morgan fingerprint density at radius 1 is 1.07 bits per heavy atom. The topological polar surface area (TPSA) is 87.3 Å². The van der Waals surface area contributed by atoms with Crippen LogP contribution in [0.4, 0.5) is 5.69 Å². The first-order chi connectivity index (χ1) is 14.6. The van der Waals surface area contributed by atoms with Gasteiger partial charge in [-0.3, -0.25) is 19.5 Å². The number of hydrogen-bond acceptors (Lipinski definition) is 6. The van der Waals surface area contributed by atoms with Gasteiger partial charge in [0.25, 0.3) is 11.2 Å². The molecule has 0 bridgehead atoms. The molecule has 0 amide bonds. The maximum Gasteiger partial charge on any atom is 0.269 e. The molecule has 0 atom stereocenters. The van der Waals surface area contributed by atoms with E-state index < -0.39 is 4.92 Å². The maximum absolute atomic E-state index is 13.3. The Balaban J connectivity index is 1.80. The molecule has 7 nitrogen and oxygen atoms in total. The van der Waals surface area contributed by atoms with Crippen molar-refractivity contribution in [1.82, 2.24) is 9.55 Å². The van der Waals surface area contributed by atoms with Gasteiger partial charge in [-0.05, 0) is 29.8 Å². The number of aromatic nitrogens is 2. The minimum atomic E-state index is -0.422. The van der Waals surface area contributed by atoms with E-state index >= 15 is 0 Å². The van der Waals surface area contributed by atoms with Gasteiger partial charge in [-0.1, -0.05) is 42.1 Å². The number of benzene rings is 3. The lowest BCUT2D eigenvalue weighted by molar-refractivity contribution is -0.384. The number of nitro benzene ring substituents is 1. The van der Waals surface area contributed by atoms with Crippen molar-refractivity contribution in [2.45, 2.75) is 10.9 Å². The maximum atomic E-state index is 13.3. The quantitative estimate of drug-likeness (QED) is 0.197. The fourth-order valence-corrected chi connectivity index (χ4v) is 4.05. The molecule has 0 unspecified atom stereocenters. The van der Waals surface area contributed by atoms with Crippen LogP contribution in [0.2, 0.25) is 0 Å². The summed E-state index contributed by atoms with van der Waals surface area (Å²) in [7, 11) is 1.57. The Morgan fingerprint density at radius 2 is 1.87 bits per heavy atom. The monoisotopic (exact) mass is 419 g/mol. The van der Waals surface area contributed by atoms with Gasteiger partial charge >= 0.3 is 0 Å². The summed E-state index contributed by atoms with van der Waals surface area (Å²) >= 11 is 1.35. The number of methoxy groups -OCH3 is 1. The van der Waals surface area contributed by atoms with Crippen molar-refractivity contribution in [3.8, 4) is 11.4 Å². The molecule has 0 saturated carbocycles. The molecule has 0 saturated heterocycles. The highest BCUT2D eigenvalue weighted by molar-refractivity contribution is 7.98. The zero-order valence-corrected chi connectivity index (χ0v) is 16.8. The zero-order valence-electron chi connectivity index (χ0n) is 16.0. The van der Waals surface area contributed by atoms with Crippen molar-refractivity contribution in [3.05, 3.63) is 98.8 Å². The first-order valence-corrected chi connectivity index (χ1v) is 10.1. The molecular weight excluding hydrogens is 402 g/mol. The van der Waals surface area contributed by atoms with E-state index in [1.165, 1.54) is 23.9 Å². The van der Waals surface area contributed by atoms with Crippen molar-refractivity contribution < 1.29 is 9.66 Å². The molecule has 0 aliphatic heterocycles. The third-order valence-electron chi connectivity index (χ3n) is 4.55. The van der Waals surface area contributed by atoms with Crippen LogP contribution >= 0.6 is 11.8 Å². The number of nitro groups is 1. The predicted molar refractivity (Wildman–Crippen MR) is 117 cm³/mol. The molecule has 150 valence electrons. The normalized spacial score (nSPS) is 10.8. The van der Waals surface area contributed by atoms with E-state index in [4.69, 9.17) is 9.72 Å². The number of para-hydroxylation sites is 1. The van der Waals surface area contributed by atoms with Crippen LogP contribution in [0.3, 0.4) is 0 Å². The van der Waals surface area contributed by atoms with E-state index in [0.29, 0.717) is 33.2 Å². The lowest BCUT2D eigenvalue weighted by Gasteiger charge is -2.14. The fourth-order valence-electron chi connectivity index (χ4n) is 3.09. The largest absolute Gasteiger partial charge is 0.497 e. The Kier molecular flexibility index (Phi) is 5.49. The van der Waals surface area contributed by atoms with E-state index in [-0.39, 0.29) is 11.2 Å². The predicted octanol–water partition coefficient (Wildman–Crippen LogP) is 4.59. The minimum Gasteiger partial charge on any atom is -0.497 e. The van der Waals surface area contributed by atoms with Crippen LogP contribution in [0.5, 0.6) is 5.75 Å². The highest BCUT2D eigenvalue weighted by Gasteiger charge is 2.15. The highest BCUT2D eigenvalue weighted by atomic mass is 32.2. The summed E-state index contributed by atoms with van der Waals surface area (Å²) in [5.41, 5.74) is 1.86. The van der Waals surface area contributed by atoms with Gasteiger partial charge in [-0.25, -0.2) is 4.98 Å². The number of nitrogens with zero attached hydrogens (tertiary/aromatic N) is 3. The minimum absolute atomic E-state index is 0.0322. The lowest BCUT2D eigenvalue weighted by Crippen LogP contribution is -2.21. The molecule has 8 heteroatoms. The van der Waals surface area contributed by atoms with Gasteiger partial charge in [0.05, 0.1) is 28.6 Å². The van der Waals surface area contributed by atoms with Crippen LogP contribution in [0.25, 0.3) is 16.6 Å². The SMILES string of the molecule is COc1cccc(-n2c(SCc3cccc([N+](=O)[O-])c3)nc3ccccc3c2=O)c1.